The van der Waals surface area contributed by atoms with E-state index in [0.29, 0.717) is 6.07 Å². The van der Waals surface area contributed by atoms with Crippen LogP contribution in [0, 0.1) is 17.0 Å². The maximum Gasteiger partial charge on any atom is 0.240 e. The monoisotopic (exact) mass is 319 g/mol. The summed E-state index contributed by atoms with van der Waals surface area (Å²) in [4.78, 5) is -0.315. The number of benzene rings is 1. The molecule has 0 saturated heterocycles. The van der Waals surface area contributed by atoms with Gasteiger partial charge in [-0.2, -0.15) is 0 Å². The first kappa shape index (κ1) is 16.3. The van der Waals surface area contributed by atoms with E-state index >= 15 is 0 Å². The van der Waals surface area contributed by atoms with Crippen molar-refractivity contribution < 1.29 is 22.3 Å². The molecule has 2 N–H and O–H groups in total. The normalized spacial score (nSPS) is 18.6. The van der Waals surface area contributed by atoms with Crippen LogP contribution in [0.2, 0.25) is 0 Å². The van der Waals surface area contributed by atoms with Gasteiger partial charge in [0.2, 0.25) is 10.0 Å². The van der Waals surface area contributed by atoms with Crippen LogP contribution >= 0.6 is 0 Å². The molecule has 1 aliphatic rings. The minimum absolute atomic E-state index is 0.0900. The van der Waals surface area contributed by atoms with Crippen LogP contribution in [0.3, 0.4) is 0 Å². The molecule has 21 heavy (non-hydrogen) atoms. The van der Waals surface area contributed by atoms with Crippen molar-refractivity contribution in [3.05, 3.63) is 29.8 Å². The zero-order valence-electron chi connectivity index (χ0n) is 11.6. The van der Waals surface area contributed by atoms with E-state index in [4.69, 9.17) is 0 Å². The SMILES string of the molecule is O=S(=O)(NCC1(CO)CCCCC1)c1ccc(F)c(F)c1. The topological polar surface area (TPSA) is 66.4 Å². The second-order valence-corrected chi connectivity index (χ2v) is 7.39. The maximum absolute atomic E-state index is 13.1. The van der Waals surface area contributed by atoms with Crippen LogP contribution in [0.25, 0.3) is 0 Å². The van der Waals surface area contributed by atoms with Gasteiger partial charge in [0.05, 0.1) is 4.90 Å². The highest BCUT2D eigenvalue weighted by atomic mass is 32.2. The Kier molecular flexibility index (Phi) is 4.95. The van der Waals surface area contributed by atoms with Gasteiger partial charge in [-0.15, -0.1) is 0 Å². The summed E-state index contributed by atoms with van der Waals surface area (Å²) in [5, 5.41) is 9.55. The highest BCUT2D eigenvalue weighted by Crippen LogP contribution is 2.35. The third kappa shape index (κ3) is 3.78. The average molecular weight is 319 g/mol. The summed E-state index contributed by atoms with van der Waals surface area (Å²) in [6.07, 6.45) is 4.49. The molecule has 0 unspecified atom stereocenters. The van der Waals surface area contributed by atoms with E-state index in [2.05, 4.69) is 4.72 Å². The molecule has 0 spiro atoms. The lowest BCUT2D eigenvalue weighted by Crippen LogP contribution is -2.41. The molecular formula is C14H19F2NO3S. The second-order valence-electron chi connectivity index (χ2n) is 5.62. The summed E-state index contributed by atoms with van der Waals surface area (Å²) in [7, 11) is -3.91. The lowest BCUT2D eigenvalue weighted by molar-refractivity contribution is 0.0867. The molecule has 0 aromatic heterocycles. The van der Waals surface area contributed by atoms with Gasteiger partial charge in [0, 0.05) is 18.6 Å². The van der Waals surface area contributed by atoms with Crippen molar-refractivity contribution in [3.63, 3.8) is 0 Å². The van der Waals surface area contributed by atoms with Crippen molar-refractivity contribution >= 4 is 10.0 Å². The zero-order valence-corrected chi connectivity index (χ0v) is 12.4. The Bertz CT molecular complexity index is 598. The van der Waals surface area contributed by atoms with Crippen molar-refractivity contribution in [2.75, 3.05) is 13.2 Å². The van der Waals surface area contributed by atoms with Crippen molar-refractivity contribution in [3.8, 4) is 0 Å². The Morgan fingerprint density at radius 1 is 1.14 bits per heavy atom. The molecule has 0 atom stereocenters. The fraction of sp³-hybridized carbons (Fsp3) is 0.571. The summed E-state index contributed by atoms with van der Waals surface area (Å²) in [5.41, 5.74) is -0.454. The molecule has 7 heteroatoms. The van der Waals surface area contributed by atoms with Crippen molar-refractivity contribution in [1.82, 2.24) is 4.72 Å². The predicted molar refractivity (Wildman–Crippen MR) is 74.2 cm³/mol. The van der Waals surface area contributed by atoms with Gasteiger partial charge >= 0.3 is 0 Å². The van der Waals surface area contributed by atoms with Crippen molar-refractivity contribution in [1.29, 1.82) is 0 Å². The van der Waals surface area contributed by atoms with E-state index < -0.39 is 27.1 Å². The number of sulfonamides is 1. The zero-order chi connectivity index (χ0) is 15.5. The molecule has 0 aliphatic heterocycles. The first-order valence-electron chi connectivity index (χ1n) is 6.94. The summed E-state index contributed by atoms with van der Waals surface area (Å²) in [5.74, 6) is -2.29. The Labute approximate surface area is 123 Å². The van der Waals surface area contributed by atoms with Crippen molar-refractivity contribution in [2.45, 2.75) is 37.0 Å². The Morgan fingerprint density at radius 3 is 2.38 bits per heavy atom. The summed E-state index contributed by atoms with van der Waals surface area (Å²) >= 11 is 0. The molecule has 1 aliphatic carbocycles. The first-order valence-corrected chi connectivity index (χ1v) is 8.42. The van der Waals surface area contributed by atoms with E-state index in [0.717, 1.165) is 44.2 Å². The lowest BCUT2D eigenvalue weighted by atomic mass is 9.75. The largest absolute Gasteiger partial charge is 0.396 e. The van der Waals surface area contributed by atoms with Crippen LogP contribution in [-0.4, -0.2) is 26.7 Å². The van der Waals surface area contributed by atoms with Crippen LogP contribution in [0.15, 0.2) is 23.1 Å². The number of rotatable bonds is 5. The molecule has 1 saturated carbocycles. The van der Waals surface area contributed by atoms with E-state index in [1.807, 2.05) is 0 Å². The van der Waals surface area contributed by atoms with E-state index in [-0.39, 0.29) is 18.0 Å². The summed E-state index contributed by atoms with van der Waals surface area (Å²) in [6, 6.07) is 2.46. The fourth-order valence-electron chi connectivity index (χ4n) is 2.67. The highest BCUT2D eigenvalue weighted by molar-refractivity contribution is 7.89. The van der Waals surface area contributed by atoms with E-state index in [9.17, 15) is 22.3 Å². The fourth-order valence-corrected chi connectivity index (χ4v) is 3.84. The summed E-state index contributed by atoms with van der Waals surface area (Å²) < 4.78 is 52.6. The Balaban J connectivity index is 2.11. The first-order chi connectivity index (χ1) is 9.88. The molecule has 1 aromatic carbocycles. The van der Waals surface area contributed by atoms with Gasteiger partial charge in [0.25, 0.3) is 0 Å². The average Bonchev–Trinajstić information content (AvgIpc) is 2.49. The number of nitrogens with one attached hydrogen (secondary N) is 1. The minimum atomic E-state index is -3.91. The summed E-state index contributed by atoms with van der Waals surface area (Å²) in [6.45, 7) is 0.0120. The molecule has 1 aromatic rings. The molecule has 1 fully saturated rings. The van der Waals surface area contributed by atoms with Crippen LogP contribution in [-0.2, 0) is 10.0 Å². The molecule has 0 bridgehead atoms. The van der Waals surface area contributed by atoms with Crippen LogP contribution in [0.4, 0.5) is 8.78 Å². The van der Waals surface area contributed by atoms with Gasteiger partial charge in [-0.3, -0.25) is 0 Å². The molecule has 2 rings (SSSR count). The number of hydrogen-bond donors (Lipinski definition) is 2. The standard InChI is InChI=1S/C14H19F2NO3S/c15-12-5-4-11(8-13(12)16)21(19,20)17-9-14(10-18)6-2-1-3-7-14/h4-5,8,17-18H,1-3,6-7,9-10H2. The quantitative estimate of drug-likeness (QED) is 0.874. The smallest absolute Gasteiger partial charge is 0.240 e. The van der Waals surface area contributed by atoms with Gasteiger partial charge in [-0.1, -0.05) is 19.3 Å². The minimum Gasteiger partial charge on any atom is -0.396 e. The van der Waals surface area contributed by atoms with Crippen LogP contribution in [0.5, 0.6) is 0 Å². The molecule has 0 amide bonds. The molecule has 0 heterocycles. The molecule has 0 radical (unpaired) electrons. The van der Waals surface area contributed by atoms with Gasteiger partial charge in [-0.25, -0.2) is 21.9 Å². The van der Waals surface area contributed by atoms with E-state index in [1.165, 1.54) is 0 Å². The number of hydrogen-bond acceptors (Lipinski definition) is 3. The van der Waals surface area contributed by atoms with Gasteiger partial charge in [0.15, 0.2) is 11.6 Å². The Morgan fingerprint density at radius 2 is 1.81 bits per heavy atom. The maximum atomic E-state index is 13.1. The number of halogens is 2. The Hall–Kier alpha value is -1.05. The third-order valence-electron chi connectivity index (χ3n) is 4.09. The number of aliphatic hydroxyl groups excluding tert-OH is 1. The van der Waals surface area contributed by atoms with Gasteiger partial charge in [0.1, 0.15) is 0 Å². The number of aliphatic hydroxyl groups is 1. The molecular weight excluding hydrogens is 300 g/mol. The van der Waals surface area contributed by atoms with Crippen LogP contribution < -0.4 is 4.72 Å². The predicted octanol–water partition coefficient (Wildman–Crippen LogP) is 2.19. The van der Waals surface area contributed by atoms with Gasteiger partial charge < -0.3 is 5.11 Å². The van der Waals surface area contributed by atoms with Crippen molar-refractivity contribution in [2.24, 2.45) is 5.41 Å². The second kappa shape index (κ2) is 6.37. The molecule has 4 nitrogen and oxygen atoms in total. The lowest BCUT2D eigenvalue weighted by Gasteiger charge is -2.35. The van der Waals surface area contributed by atoms with Gasteiger partial charge in [-0.05, 0) is 31.0 Å². The third-order valence-corrected chi connectivity index (χ3v) is 5.49. The van der Waals surface area contributed by atoms with E-state index in [1.54, 1.807) is 0 Å². The molecule has 118 valence electrons. The van der Waals surface area contributed by atoms with Crippen LogP contribution in [0.1, 0.15) is 32.1 Å². The highest BCUT2D eigenvalue weighted by Gasteiger charge is 2.33.